The Morgan fingerprint density at radius 3 is 2.42 bits per heavy atom. The van der Waals surface area contributed by atoms with Crippen LogP contribution in [0.5, 0.6) is 0 Å². The van der Waals surface area contributed by atoms with Crippen molar-refractivity contribution in [3.63, 3.8) is 0 Å². The molecule has 2 rings (SSSR count). The van der Waals surface area contributed by atoms with Gasteiger partial charge >= 0.3 is 0 Å². The fraction of sp³-hybridized carbons (Fsp3) is 0.647. The molecule has 0 radical (unpaired) electrons. The maximum absolute atomic E-state index is 3.41. The van der Waals surface area contributed by atoms with E-state index < -0.39 is 0 Å². The molecular formula is C17H28N2. The van der Waals surface area contributed by atoms with Crippen molar-refractivity contribution >= 4 is 0 Å². The fourth-order valence-corrected chi connectivity index (χ4v) is 3.17. The summed E-state index contributed by atoms with van der Waals surface area (Å²) in [5.41, 5.74) is 1.47. The van der Waals surface area contributed by atoms with Crippen molar-refractivity contribution in [3.8, 4) is 0 Å². The largest absolute Gasteiger partial charge is 0.317 e. The Bertz CT molecular complexity index is 342. The first-order chi connectivity index (χ1) is 9.29. The summed E-state index contributed by atoms with van der Waals surface area (Å²) in [7, 11) is 4.39. The first kappa shape index (κ1) is 14.5. The molecule has 19 heavy (non-hydrogen) atoms. The van der Waals surface area contributed by atoms with Gasteiger partial charge < -0.3 is 10.2 Å². The Balaban J connectivity index is 1.66. The summed E-state index contributed by atoms with van der Waals surface area (Å²) in [6, 6.07) is 12.4. The summed E-state index contributed by atoms with van der Waals surface area (Å²) in [5, 5.41) is 3.41. The van der Waals surface area contributed by atoms with Crippen LogP contribution < -0.4 is 5.32 Å². The van der Waals surface area contributed by atoms with Gasteiger partial charge in [-0.3, -0.25) is 0 Å². The van der Waals surface area contributed by atoms with Gasteiger partial charge in [0.05, 0.1) is 0 Å². The quantitative estimate of drug-likeness (QED) is 0.845. The fourth-order valence-electron chi connectivity index (χ4n) is 3.17. The molecule has 1 saturated carbocycles. The van der Waals surface area contributed by atoms with E-state index >= 15 is 0 Å². The first-order valence-corrected chi connectivity index (χ1v) is 7.71. The molecule has 0 aromatic heterocycles. The maximum Gasteiger partial charge on any atom is 0.00933 e. The van der Waals surface area contributed by atoms with Gasteiger partial charge in [-0.1, -0.05) is 30.3 Å². The second-order valence-corrected chi connectivity index (χ2v) is 5.86. The van der Waals surface area contributed by atoms with Crippen molar-refractivity contribution in [1.29, 1.82) is 0 Å². The molecule has 106 valence electrons. The number of rotatable bonds is 6. The number of nitrogens with one attached hydrogen (secondary N) is 1. The van der Waals surface area contributed by atoms with Gasteiger partial charge in [-0.25, -0.2) is 0 Å². The Kier molecular flexibility index (Phi) is 5.87. The van der Waals surface area contributed by atoms with Crippen molar-refractivity contribution in [2.45, 2.75) is 50.6 Å². The lowest BCUT2D eigenvalue weighted by Crippen LogP contribution is -2.40. The van der Waals surface area contributed by atoms with Crippen LogP contribution in [0.3, 0.4) is 0 Å². The molecule has 2 nitrogen and oxygen atoms in total. The highest BCUT2D eigenvalue weighted by molar-refractivity contribution is 5.14. The van der Waals surface area contributed by atoms with E-state index in [0.717, 1.165) is 12.1 Å². The second-order valence-electron chi connectivity index (χ2n) is 5.86. The SMILES string of the molecule is CNC1CCC(N(C)CCCc2ccccc2)CC1. The van der Waals surface area contributed by atoms with Crippen LogP contribution in [0.25, 0.3) is 0 Å². The van der Waals surface area contributed by atoms with Crippen molar-refractivity contribution in [3.05, 3.63) is 35.9 Å². The molecular weight excluding hydrogens is 232 g/mol. The molecule has 1 aromatic carbocycles. The van der Waals surface area contributed by atoms with Crippen LogP contribution in [0.4, 0.5) is 0 Å². The van der Waals surface area contributed by atoms with Crippen LogP contribution >= 0.6 is 0 Å². The highest BCUT2D eigenvalue weighted by Crippen LogP contribution is 2.22. The van der Waals surface area contributed by atoms with E-state index in [1.165, 1.54) is 50.6 Å². The lowest BCUT2D eigenvalue weighted by molar-refractivity contribution is 0.175. The van der Waals surface area contributed by atoms with E-state index in [1.54, 1.807) is 0 Å². The molecule has 2 heteroatoms. The molecule has 0 amide bonds. The highest BCUT2D eigenvalue weighted by Gasteiger charge is 2.22. The van der Waals surface area contributed by atoms with Gasteiger partial charge in [0, 0.05) is 12.1 Å². The Morgan fingerprint density at radius 2 is 1.79 bits per heavy atom. The number of nitrogens with zero attached hydrogens (tertiary/aromatic N) is 1. The second kappa shape index (κ2) is 7.66. The first-order valence-electron chi connectivity index (χ1n) is 7.71. The smallest absolute Gasteiger partial charge is 0.00933 e. The van der Waals surface area contributed by atoms with Gasteiger partial charge in [0.25, 0.3) is 0 Å². The van der Waals surface area contributed by atoms with E-state index in [2.05, 4.69) is 54.6 Å². The Morgan fingerprint density at radius 1 is 1.11 bits per heavy atom. The van der Waals surface area contributed by atoms with Crippen molar-refractivity contribution in [1.82, 2.24) is 10.2 Å². The monoisotopic (exact) mass is 260 g/mol. The zero-order chi connectivity index (χ0) is 13.5. The lowest BCUT2D eigenvalue weighted by Gasteiger charge is -2.34. The molecule has 0 heterocycles. The van der Waals surface area contributed by atoms with E-state index in [0.29, 0.717) is 0 Å². The normalized spacial score (nSPS) is 23.7. The standard InChI is InChI=1S/C17H28N2/c1-18-16-10-12-17(13-11-16)19(2)14-6-9-15-7-4-3-5-8-15/h3-5,7-8,16-18H,6,9-14H2,1-2H3. The summed E-state index contributed by atoms with van der Waals surface area (Å²) in [5.74, 6) is 0. The molecule has 0 atom stereocenters. The van der Waals surface area contributed by atoms with Gasteiger partial charge in [0.1, 0.15) is 0 Å². The van der Waals surface area contributed by atoms with Crippen LogP contribution in [0.2, 0.25) is 0 Å². The third-order valence-electron chi connectivity index (χ3n) is 4.55. The zero-order valence-corrected chi connectivity index (χ0v) is 12.4. The number of benzene rings is 1. The van der Waals surface area contributed by atoms with Gasteiger partial charge in [-0.05, 0) is 64.7 Å². The minimum absolute atomic E-state index is 0.758. The predicted octanol–water partition coefficient (Wildman–Crippen LogP) is 3.08. The minimum Gasteiger partial charge on any atom is -0.317 e. The van der Waals surface area contributed by atoms with Crippen LogP contribution in [0, 0.1) is 0 Å². The summed E-state index contributed by atoms with van der Waals surface area (Å²) in [6.07, 6.45) is 7.86. The molecule has 0 unspecified atom stereocenters. The lowest BCUT2D eigenvalue weighted by atomic mass is 9.90. The molecule has 0 bridgehead atoms. The summed E-state index contributed by atoms with van der Waals surface area (Å²) in [4.78, 5) is 2.58. The number of aryl methyl sites for hydroxylation is 1. The summed E-state index contributed by atoms with van der Waals surface area (Å²) in [6.45, 7) is 1.23. The van der Waals surface area contributed by atoms with Gasteiger partial charge in [-0.15, -0.1) is 0 Å². The Hall–Kier alpha value is -0.860. The zero-order valence-electron chi connectivity index (χ0n) is 12.4. The Labute approximate surface area is 118 Å². The molecule has 1 N–H and O–H groups in total. The van der Waals surface area contributed by atoms with E-state index in [-0.39, 0.29) is 0 Å². The van der Waals surface area contributed by atoms with Gasteiger partial charge in [0.15, 0.2) is 0 Å². The summed E-state index contributed by atoms with van der Waals surface area (Å²) < 4.78 is 0. The van der Waals surface area contributed by atoms with E-state index in [4.69, 9.17) is 0 Å². The number of hydrogen-bond acceptors (Lipinski definition) is 2. The topological polar surface area (TPSA) is 15.3 Å². The third kappa shape index (κ3) is 4.63. The van der Waals surface area contributed by atoms with E-state index in [1.807, 2.05) is 0 Å². The predicted molar refractivity (Wildman–Crippen MR) is 82.5 cm³/mol. The van der Waals surface area contributed by atoms with Crippen LogP contribution in [-0.2, 0) is 6.42 Å². The average molecular weight is 260 g/mol. The molecule has 0 saturated heterocycles. The van der Waals surface area contributed by atoms with Crippen molar-refractivity contribution < 1.29 is 0 Å². The molecule has 0 aliphatic heterocycles. The molecule has 1 fully saturated rings. The van der Waals surface area contributed by atoms with Crippen molar-refractivity contribution in [2.75, 3.05) is 20.6 Å². The van der Waals surface area contributed by atoms with Crippen LogP contribution in [0.1, 0.15) is 37.7 Å². The van der Waals surface area contributed by atoms with Crippen LogP contribution in [-0.4, -0.2) is 37.6 Å². The maximum atomic E-state index is 3.41. The van der Waals surface area contributed by atoms with Gasteiger partial charge in [0.2, 0.25) is 0 Å². The van der Waals surface area contributed by atoms with Crippen LogP contribution in [0.15, 0.2) is 30.3 Å². The minimum atomic E-state index is 0.758. The van der Waals surface area contributed by atoms with Gasteiger partial charge in [-0.2, -0.15) is 0 Å². The van der Waals surface area contributed by atoms with E-state index in [9.17, 15) is 0 Å². The average Bonchev–Trinajstić information content (AvgIpc) is 2.48. The van der Waals surface area contributed by atoms with Crippen molar-refractivity contribution in [2.24, 2.45) is 0 Å². The molecule has 0 spiro atoms. The highest BCUT2D eigenvalue weighted by atomic mass is 15.1. The molecule has 1 aromatic rings. The molecule has 1 aliphatic rings. The molecule has 1 aliphatic carbocycles. The number of hydrogen-bond donors (Lipinski definition) is 1. The third-order valence-corrected chi connectivity index (χ3v) is 4.55. The summed E-state index contributed by atoms with van der Waals surface area (Å²) >= 11 is 0.